The Morgan fingerprint density at radius 1 is 0.871 bits per heavy atom. The summed E-state index contributed by atoms with van der Waals surface area (Å²) in [6, 6.07) is 6.91. The van der Waals surface area contributed by atoms with Gasteiger partial charge in [0, 0.05) is 6.04 Å². The average molecular weight is 426 g/mol. The quantitative estimate of drug-likeness (QED) is 0.435. The first-order valence-electron chi connectivity index (χ1n) is 13.3. The van der Waals surface area contributed by atoms with Crippen molar-refractivity contribution in [3.8, 4) is 0 Å². The van der Waals surface area contributed by atoms with E-state index in [9.17, 15) is 0 Å². The van der Waals surface area contributed by atoms with Crippen LogP contribution in [0.25, 0.3) is 0 Å². The first-order valence-corrected chi connectivity index (χ1v) is 13.3. The van der Waals surface area contributed by atoms with Crippen molar-refractivity contribution in [2.24, 2.45) is 17.8 Å². The van der Waals surface area contributed by atoms with Gasteiger partial charge in [-0.25, -0.2) is 4.39 Å². The monoisotopic (exact) mass is 425 g/mol. The zero-order valence-corrected chi connectivity index (χ0v) is 19.8. The molecule has 0 bridgehead atoms. The summed E-state index contributed by atoms with van der Waals surface area (Å²) in [4.78, 5) is 0. The van der Waals surface area contributed by atoms with Crippen LogP contribution >= 0.6 is 0 Å². The van der Waals surface area contributed by atoms with Crippen LogP contribution < -0.4 is 5.32 Å². The third-order valence-electron chi connectivity index (χ3n) is 9.18. The zero-order valence-electron chi connectivity index (χ0n) is 19.8. The van der Waals surface area contributed by atoms with Crippen LogP contribution in [0.3, 0.4) is 0 Å². The Labute approximate surface area is 190 Å². The van der Waals surface area contributed by atoms with Crippen LogP contribution in [0.4, 0.5) is 4.39 Å². The number of nitrogens with one attached hydrogen (secondary N) is 1. The SMILES string of the molecule is C=CCCC1CCC(C2CCC(c3ccc(C4CCC(NC)CC4)c(F)c3)CC2)CC1. The molecule has 0 atom stereocenters. The number of benzene rings is 1. The van der Waals surface area contributed by atoms with Gasteiger partial charge in [-0.15, -0.1) is 6.58 Å². The van der Waals surface area contributed by atoms with E-state index in [4.69, 9.17) is 0 Å². The number of halogens is 1. The number of rotatable bonds is 7. The minimum Gasteiger partial charge on any atom is -0.317 e. The maximum absolute atomic E-state index is 15.0. The fourth-order valence-electron chi connectivity index (χ4n) is 7.05. The fraction of sp³-hybridized carbons (Fsp3) is 0.724. The van der Waals surface area contributed by atoms with Gasteiger partial charge in [-0.3, -0.25) is 0 Å². The predicted molar refractivity (Wildman–Crippen MR) is 130 cm³/mol. The fourth-order valence-corrected chi connectivity index (χ4v) is 7.05. The minimum absolute atomic E-state index is 0.0605. The first kappa shape index (κ1) is 23.0. The van der Waals surface area contributed by atoms with Crippen LogP contribution in [0.1, 0.15) is 113 Å². The summed E-state index contributed by atoms with van der Waals surface area (Å²) in [5, 5.41) is 3.38. The maximum atomic E-state index is 15.0. The van der Waals surface area contributed by atoms with Crippen LogP contribution in [-0.4, -0.2) is 13.1 Å². The van der Waals surface area contributed by atoms with Crippen LogP contribution in [0.15, 0.2) is 30.9 Å². The summed E-state index contributed by atoms with van der Waals surface area (Å²) >= 11 is 0. The van der Waals surface area contributed by atoms with E-state index in [0.29, 0.717) is 17.9 Å². The molecule has 0 radical (unpaired) electrons. The molecule has 0 heterocycles. The molecule has 3 aliphatic carbocycles. The Hall–Kier alpha value is -1.15. The highest BCUT2D eigenvalue weighted by Crippen LogP contribution is 2.45. The lowest BCUT2D eigenvalue weighted by atomic mass is 9.68. The van der Waals surface area contributed by atoms with Gasteiger partial charge in [0.05, 0.1) is 0 Å². The molecule has 0 unspecified atom stereocenters. The molecule has 31 heavy (non-hydrogen) atoms. The molecule has 3 saturated carbocycles. The molecule has 3 fully saturated rings. The number of hydrogen-bond donors (Lipinski definition) is 1. The second kappa shape index (κ2) is 11.1. The molecule has 1 nitrogen and oxygen atoms in total. The molecule has 4 rings (SSSR count). The van der Waals surface area contributed by atoms with Crippen molar-refractivity contribution < 1.29 is 4.39 Å². The Kier molecular flexibility index (Phi) is 8.26. The summed E-state index contributed by atoms with van der Waals surface area (Å²) in [6.07, 6.45) is 20.1. The first-order chi connectivity index (χ1) is 15.2. The molecule has 0 spiro atoms. The highest BCUT2D eigenvalue weighted by Gasteiger charge is 2.31. The van der Waals surface area contributed by atoms with Crippen LogP contribution in [0, 0.1) is 23.6 Å². The lowest BCUT2D eigenvalue weighted by Gasteiger charge is -2.38. The van der Waals surface area contributed by atoms with Crippen molar-refractivity contribution in [2.75, 3.05) is 7.05 Å². The molecule has 172 valence electrons. The van der Waals surface area contributed by atoms with Crippen molar-refractivity contribution in [1.82, 2.24) is 5.32 Å². The van der Waals surface area contributed by atoms with Gasteiger partial charge in [-0.2, -0.15) is 0 Å². The highest BCUT2D eigenvalue weighted by atomic mass is 19.1. The minimum atomic E-state index is 0.0605. The Morgan fingerprint density at radius 2 is 1.48 bits per heavy atom. The molecule has 0 aromatic heterocycles. The van der Waals surface area contributed by atoms with E-state index in [-0.39, 0.29) is 5.82 Å². The van der Waals surface area contributed by atoms with Gasteiger partial charge in [-0.05, 0) is 131 Å². The molecule has 1 aromatic rings. The lowest BCUT2D eigenvalue weighted by molar-refractivity contribution is 0.157. The summed E-state index contributed by atoms with van der Waals surface area (Å²) in [7, 11) is 2.05. The van der Waals surface area contributed by atoms with Crippen LogP contribution in [-0.2, 0) is 0 Å². The van der Waals surface area contributed by atoms with Gasteiger partial charge >= 0.3 is 0 Å². The summed E-state index contributed by atoms with van der Waals surface area (Å²) in [5.74, 6) is 3.86. The molecule has 0 saturated heterocycles. The van der Waals surface area contributed by atoms with E-state index < -0.39 is 0 Å². The van der Waals surface area contributed by atoms with Gasteiger partial charge in [0.25, 0.3) is 0 Å². The molecule has 2 heteroatoms. The summed E-state index contributed by atoms with van der Waals surface area (Å²) < 4.78 is 15.0. The second-order valence-electron chi connectivity index (χ2n) is 10.9. The van der Waals surface area contributed by atoms with E-state index in [2.05, 4.69) is 30.1 Å². The smallest absolute Gasteiger partial charge is 0.126 e. The summed E-state index contributed by atoms with van der Waals surface area (Å²) in [6.45, 7) is 3.88. The lowest BCUT2D eigenvalue weighted by Crippen LogP contribution is -2.29. The Morgan fingerprint density at radius 3 is 2.06 bits per heavy atom. The van der Waals surface area contributed by atoms with Crippen molar-refractivity contribution in [3.63, 3.8) is 0 Å². The van der Waals surface area contributed by atoms with Crippen LogP contribution in [0.5, 0.6) is 0 Å². The van der Waals surface area contributed by atoms with E-state index in [1.807, 2.05) is 13.1 Å². The van der Waals surface area contributed by atoms with Crippen LogP contribution in [0.2, 0.25) is 0 Å². The molecular formula is C29H44FN. The third-order valence-corrected chi connectivity index (χ3v) is 9.18. The third kappa shape index (κ3) is 5.81. The molecular weight excluding hydrogens is 381 g/mol. The topological polar surface area (TPSA) is 12.0 Å². The molecule has 1 N–H and O–H groups in total. The van der Waals surface area contributed by atoms with Crippen molar-refractivity contribution in [3.05, 3.63) is 47.8 Å². The van der Waals surface area contributed by atoms with Gasteiger partial charge in [0.1, 0.15) is 5.82 Å². The van der Waals surface area contributed by atoms with Gasteiger partial charge in [-0.1, -0.05) is 31.1 Å². The van der Waals surface area contributed by atoms with Gasteiger partial charge in [0.2, 0.25) is 0 Å². The van der Waals surface area contributed by atoms with E-state index in [1.54, 1.807) is 0 Å². The van der Waals surface area contributed by atoms with Gasteiger partial charge < -0.3 is 5.32 Å². The standard InChI is InChI=1S/C29H44FN/c1-3-4-5-21-6-8-22(9-7-21)23-10-12-24(13-11-23)26-16-19-28(29(30)20-26)25-14-17-27(31-2)18-15-25/h3,16,19-25,27,31H,1,4-15,17-18H2,2H3. The largest absolute Gasteiger partial charge is 0.317 e. The van der Waals surface area contributed by atoms with E-state index in [1.165, 1.54) is 82.6 Å². The number of allylic oxidation sites excluding steroid dienone is 1. The molecule has 3 aliphatic rings. The summed E-state index contributed by atoms with van der Waals surface area (Å²) in [5.41, 5.74) is 2.23. The van der Waals surface area contributed by atoms with Crippen molar-refractivity contribution in [1.29, 1.82) is 0 Å². The predicted octanol–water partition coefficient (Wildman–Crippen LogP) is 8.12. The average Bonchev–Trinajstić information content (AvgIpc) is 2.83. The Bertz CT molecular complexity index is 689. The normalized spacial score (nSPS) is 34.4. The number of hydrogen-bond acceptors (Lipinski definition) is 1. The molecule has 0 aliphatic heterocycles. The molecule has 1 aromatic carbocycles. The highest BCUT2D eigenvalue weighted by molar-refractivity contribution is 5.30. The second-order valence-corrected chi connectivity index (χ2v) is 10.9. The van der Waals surface area contributed by atoms with Gasteiger partial charge in [0.15, 0.2) is 0 Å². The maximum Gasteiger partial charge on any atom is 0.126 e. The molecule has 0 amide bonds. The zero-order chi connectivity index (χ0) is 21.6. The van der Waals surface area contributed by atoms with E-state index >= 15 is 4.39 Å². The van der Waals surface area contributed by atoms with Crippen molar-refractivity contribution in [2.45, 2.75) is 108 Å². The Balaban J connectivity index is 1.26. The van der Waals surface area contributed by atoms with E-state index in [0.717, 1.165) is 36.2 Å². The van der Waals surface area contributed by atoms with Crippen molar-refractivity contribution >= 4 is 0 Å².